The number of carbonyl (C=O) groups excluding carboxylic acids is 1. The van der Waals surface area contributed by atoms with Gasteiger partial charge in [0.15, 0.2) is 11.6 Å². The number of benzene rings is 1. The normalized spacial score (nSPS) is 12.3. The fourth-order valence-electron chi connectivity index (χ4n) is 2.89. The number of aliphatic hydroxyl groups is 1. The molecule has 4 N–H and O–H groups in total. The first-order valence-electron chi connectivity index (χ1n) is 9.80. The smallest absolute Gasteiger partial charge is 0.301 e. The van der Waals surface area contributed by atoms with E-state index < -0.39 is 27.4 Å². The Labute approximate surface area is 185 Å². The number of aromatic amines is 1. The van der Waals surface area contributed by atoms with E-state index in [4.69, 9.17) is 0 Å². The molecule has 0 bridgehead atoms. The maximum atomic E-state index is 15.2. The first-order chi connectivity index (χ1) is 14.9. The minimum absolute atomic E-state index is 0.100. The molecule has 12 heteroatoms. The zero-order chi connectivity index (χ0) is 23.7. The van der Waals surface area contributed by atoms with Crippen LogP contribution in [0, 0.1) is 5.82 Å². The summed E-state index contributed by atoms with van der Waals surface area (Å²) >= 11 is 0. The van der Waals surface area contributed by atoms with E-state index >= 15 is 4.39 Å². The van der Waals surface area contributed by atoms with Gasteiger partial charge < -0.3 is 15.4 Å². The van der Waals surface area contributed by atoms with Crippen molar-refractivity contribution in [2.75, 3.05) is 30.2 Å². The van der Waals surface area contributed by atoms with E-state index in [0.29, 0.717) is 16.9 Å². The van der Waals surface area contributed by atoms with Crippen LogP contribution >= 0.6 is 0 Å². The third-order valence-electron chi connectivity index (χ3n) is 4.74. The number of H-pyrrole nitrogens is 1. The van der Waals surface area contributed by atoms with Crippen LogP contribution in [0.3, 0.4) is 0 Å². The van der Waals surface area contributed by atoms with E-state index in [2.05, 4.69) is 25.0 Å². The number of nitrogens with one attached hydrogen (secondary N) is 3. The number of ketones is 1. The molecule has 0 amide bonds. The summed E-state index contributed by atoms with van der Waals surface area (Å²) in [6.07, 6.45) is 2.68. The Kier molecular flexibility index (Phi) is 6.49. The Balaban J connectivity index is 2.02. The van der Waals surface area contributed by atoms with Crippen LogP contribution in [0.4, 0.5) is 15.9 Å². The molecule has 3 rings (SSSR count). The molecule has 2 aromatic heterocycles. The molecule has 1 aromatic carbocycles. The van der Waals surface area contributed by atoms with Crippen molar-refractivity contribution in [2.24, 2.45) is 0 Å². The van der Waals surface area contributed by atoms with Crippen molar-refractivity contribution in [2.45, 2.75) is 26.4 Å². The number of anilines is 2. The molecule has 0 radical (unpaired) electrons. The molecule has 0 saturated heterocycles. The van der Waals surface area contributed by atoms with Crippen LogP contribution in [0.25, 0.3) is 11.0 Å². The minimum atomic E-state index is -3.97. The molecule has 0 spiro atoms. The third kappa shape index (κ3) is 4.87. The predicted octanol–water partition coefficient (Wildman–Crippen LogP) is 2.12. The number of hydrogen-bond acceptors (Lipinski definition) is 7. The van der Waals surface area contributed by atoms with E-state index in [1.165, 1.54) is 37.8 Å². The average molecular weight is 465 g/mol. The molecule has 2 heterocycles. The lowest BCUT2D eigenvalue weighted by molar-refractivity contribution is 0.0944. The summed E-state index contributed by atoms with van der Waals surface area (Å²) in [5, 5.41) is 13.3. The SMILES string of the molecule is CCN(C)S(=O)(=O)Nc1cccc(C(=O)c2c[nH]c3ncnc(NCC(C)(C)O)c23)c1F. The third-order valence-corrected chi connectivity index (χ3v) is 6.30. The van der Waals surface area contributed by atoms with Crippen molar-refractivity contribution in [1.29, 1.82) is 0 Å². The van der Waals surface area contributed by atoms with Crippen molar-refractivity contribution in [3.05, 3.63) is 47.7 Å². The van der Waals surface area contributed by atoms with Crippen LogP contribution in [-0.4, -0.2) is 64.3 Å². The lowest BCUT2D eigenvalue weighted by Crippen LogP contribution is -2.32. The highest BCUT2D eigenvalue weighted by atomic mass is 32.2. The summed E-state index contributed by atoms with van der Waals surface area (Å²) in [6, 6.07) is 3.90. The molecular weight excluding hydrogens is 439 g/mol. The number of aromatic nitrogens is 3. The molecule has 0 aliphatic heterocycles. The highest BCUT2D eigenvalue weighted by molar-refractivity contribution is 7.90. The second-order valence-corrected chi connectivity index (χ2v) is 9.61. The maximum Gasteiger partial charge on any atom is 0.301 e. The minimum Gasteiger partial charge on any atom is -0.389 e. The molecule has 0 saturated carbocycles. The van der Waals surface area contributed by atoms with Crippen molar-refractivity contribution < 1.29 is 22.7 Å². The lowest BCUT2D eigenvalue weighted by atomic mass is 10.0. The Hall–Kier alpha value is -3.09. The number of carbonyl (C=O) groups is 1. The Morgan fingerprint density at radius 1 is 1.28 bits per heavy atom. The number of fused-ring (bicyclic) bond motifs is 1. The van der Waals surface area contributed by atoms with Crippen LogP contribution < -0.4 is 10.0 Å². The summed E-state index contributed by atoms with van der Waals surface area (Å²) in [7, 11) is -2.62. The molecule has 0 aliphatic carbocycles. The topological polar surface area (TPSA) is 140 Å². The van der Waals surface area contributed by atoms with E-state index in [9.17, 15) is 18.3 Å². The molecule has 0 atom stereocenters. The second-order valence-electron chi connectivity index (χ2n) is 7.83. The first kappa shape index (κ1) is 23.6. The number of nitrogens with zero attached hydrogens (tertiary/aromatic N) is 3. The fourth-order valence-corrected chi connectivity index (χ4v) is 3.83. The van der Waals surface area contributed by atoms with Gasteiger partial charge in [-0.2, -0.15) is 12.7 Å². The van der Waals surface area contributed by atoms with Crippen LogP contribution in [-0.2, 0) is 10.2 Å². The van der Waals surface area contributed by atoms with Crippen LogP contribution in [0.1, 0.15) is 36.7 Å². The van der Waals surface area contributed by atoms with E-state index in [1.54, 1.807) is 20.8 Å². The van der Waals surface area contributed by atoms with Gasteiger partial charge in [-0.3, -0.25) is 9.52 Å². The van der Waals surface area contributed by atoms with Crippen molar-refractivity contribution in [3.8, 4) is 0 Å². The van der Waals surface area contributed by atoms with Gasteiger partial charge >= 0.3 is 10.2 Å². The highest BCUT2D eigenvalue weighted by Crippen LogP contribution is 2.28. The number of rotatable bonds is 9. The van der Waals surface area contributed by atoms with Crippen molar-refractivity contribution >= 4 is 38.5 Å². The molecule has 0 unspecified atom stereocenters. The Morgan fingerprint density at radius 3 is 2.66 bits per heavy atom. The molecular formula is C20H25FN6O4S. The summed E-state index contributed by atoms with van der Waals surface area (Å²) in [6.45, 7) is 5.19. The first-order valence-corrected chi connectivity index (χ1v) is 11.2. The van der Waals surface area contributed by atoms with Gasteiger partial charge in [-0.15, -0.1) is 0 Å². The average Bonchev–Trinajstić information content (AvgIpc) is 3.16. The Morgan fingerprint density at radius 2 is 2.00 bits per heavy atom. The summed E-state index contributed by atoms with van der Waals surface area (Å²) in [5.74, 6) is -1.38. The van der Waals surface area contributed by atoms with Gasteiger partial charge in [0.1, 0.15) is 17.8 Å². The van der Waals surface area contributed by atoms with Gasteiger partial charge in [0, 0.05) is 26.3 Å². The lowest BCUT2D eigenvalue weighted by Gasteiger charge is -2.18. The van der Waals surface area contributed by atoms with Gasteiger partial charge in [-0.05, 0) is 26.0 Å². The molecule has 172 valence electrons. The van der Waals surface area contributed by atoms with E-state index in [-0.39, 0.29) is 29.9 Å². The molecule has 0 aliphatic rings. The van der Waals surface area contributed by atoms with Gasteiger partial charge in [0.25, 0.3) is 0 Å². The van der Waals surface area contributed by atoms with Gasteiger partial charge in [-0.25, -0.2) is 14.4 Å². The quantitative estimate of drug-likeness (QED) is 0.356. The Bertz CT molecular complexity index is 1250. The summed E-state index contributed by atoms with van der Waals surface area (Å²) in [4.78, 5) is 24.3. The monoisotopic (exact) mass is 464 g/mol. The standard InChI is InChI=1S/C20H25FN6O4S/c1-5-27(4)32(30,31)26-14-8-6-7-12(16(14)21)17(28)13-9-22-18-15(13)19(25-11-24-18)23-10-20(2,3)29/h6-9,11,26,29H,5,10H2,1-4H3,(H2,22,23,24,25). The molecule has 3 aromatic rings. The second kappa shape index (κ2) is 8.81. The van der Waals surface area contributed by atoms with E-state index in [0.717, 1.165) is 4.31 Å². The molecule has 10 nitrogen and oxygen atoms in total. The van der Waals surface area contributed by atoms with Crippen molar-refractivity contribution in [1.82, 2.24) is 19.3 Å². The van der Waals surface area contributed by atoms with Crippen LogP contribution in [0.5, 0.6) is 0 Å². The van der Waals surface area contributed by atoms with Crippen molar-refractivity contribution in [3.63, 3.8) is 0 Å². The van der Waals surface area contributed by atoms with Crippen LogP contribution in [0.15, 0.2) is 30.7 Å². The molecule has 0 fully saturated rings. The van der Waals surface area contributed by atoms with E-state index in [1.807, 2.05) is 0 Å². The van der Waals surface area contributed by atoms with Crippen LogP contribution in [0.2, 0.25) is 0 Å². The summed E-state index contributed by atoms with van der Waals surface area (Å²) < 4.78 is 42.9. The van der Waals surface area contributed by atoms with Gasteiger partial charge in [0.05, 0.1) is 27.8 Å². The highest BCUT2D eigenvalue weighted by Gasteiger charge is 2.25. The zero-order valence-electron chi connectivity index (χ0n) is 18.1. The molecule has 32 heavy (non-hydrogen) atoms. The van der Waals surface area contributed by atoms with Gasteiger partial charge in [0.2, 0.25) is 0 Å². The fraction of sp³-hybridized carbons (Fsp3) is 0.350. The maximum absolute atomic E-state index is 15.2. The summed E-state index contributed by atoms with van der Waals surface area (Å²) in [5.41, 5.74) is -1.25. The number of hydrogen-bond donors (Lipinski definition) is 4. The predicted molar refractivity (Wildman–Crippen MR) is 119 cm³/mol. The zero-order valence-corrected chi connectivity index (χ0v) is 18.9. The largest absolute Gasteiger partial charge is 0.389 e. The number of halogens is 1. The van der Waals surface area contributed by atoms with Gasteiger partial charge in [-0.1, -0.05) is 13.0 Å².